The van der Waals surface area contributed by atoms with Crippen LogP contribution < -0.4 is 15.4 Å². The number of anilines is 1. The van der Waals surface area contributed by atoms with Crippen molar-refractivity contribution in [2.24, 2.45) is 0 Å². The van der Waals surface area contributed by atoms with Crippen molar-refractivity contribution in [2.75, 3.05) is 12.4 Å². The highest BCUT2D eigenvalue weighted by atomic mass is 32.1. The summed E-state index contributed by atoms with van der Waals surface area (Å²) in [5, 5.41) is 6.40. The predicted molar refractivity (Wildman–Crippen MR) is 80.2 cm³/mol. The lowest BCUT2D eigenvalue weighted by atomic mass is 10.2. The van der Waals surface area contributed by atoms with Crippen LogP contribution >= 0.6 is 12.2 Å². The monoisotopic (exact) mass is 291 g/mol. The van der Waals surface area contributed by atoms with Crippen LogP contribution in [0.4, 0.5) is 10.2 Å². The molecule has 2 N–H and O–H groups in total. The predicted octanol–water partition coefficient (Wildman–Crippen LogP) is 2.72. The van der Waals surface area contributed by atoms with Crippen LogP contribution in [0.1, 0.15) is 5.56 Å². The van der Waals surface area contributed by atoms with E-state index in [1.165, 1.54) is 12.1 Å². The molecule has 0 aliphatic carbocycles. The Morgan fingerprint density at radius 3 is 2.75 bits per heavy atom. The minimum Gasteiger partial charge on any atom is -0.493 e. The lowest BCUT2D eigenvalue weighted by Gasteiger charge is -2.12. The van der Waals surface area contributed by atoms with Gasteiger partial charge in [-0.2, -0.15) is 0 Å². The number of hydrogen-bond acceptors (Lipinski definition) is 3. The quantitative estimate of drug-likeness (QED) is 0.848. The molecule has 6 heteroatoms. The molecule has 0 aliphatic rings. The molecule has 104 valence electrons. The number of nitrogens with zero attached hydrogens (tertiary/aromatic N) is 1. The van der Waals surface area contributed by atoms with Crippen molar-refractivity contribution in [3.8, 4) is 5.75 Å². The number of aromatic nitrogens is 1. The van der Waals surface area contributed by atoms with Crippen LogP contribution in [0.25, 0.3) is 0 Å². The van der Waals surface area contributed by atoms with Crippen molar-refractivity contribution >= 4 is 23.1 Å². The zero-order chi connectivity index (χ0) is 14.4. The van der Waals surface area contributed by atoms with Crippen LogP contribution in [-0.4, -0.2) is 17.2 Å². The Labute approximate surface area is 122 Å². The van der Waals surface area contributed by atoms with E-state index >= 15 is 0 Å². The molecule has 20 heavy (non-hydrogen) atoms. The Balaban J connectivity index is 1.91. The maximum absolute atomic E-state index is 12.8. The number of pyridine rings is 1. The second kappa shape index (κ2) is 6.81. The fourth-order valence-electron chi connectivity index (χ4n) is 1.59. The maximum atomic E-state index is 12.8. The van der Waals surface area contributed by atoms with E-state index in [1.807, 2.05) is 0 Å². The summed E-state index contributed by atoms with van der Waals surface area (Å²) in [6.45, 7) is 0.501. The standard InChI is InChI=1S/C14H14FN3OS/c1-19-12-3-2-8-16-13(12)18-14(20)17-9-10-4-6-11(15)7-5-10/h2-8H,9H2,1H3,(H2,16,17,18,20). The highest BCUT2D eigenvalue weighted by Crippen LogP contribution is 2.19. The molecule has 1 aromatic carbocycles. The molecule has 1 heterocycles. The van der Waals surface area contributed by atoms with Crippen molar-refractivity contribution in [3.63, 3.8) is 0 Å². The lowest BCUT2D eigenvalue weighted by molar-refractivity contribution is 0.415. The number of halogens is 1. The Morgan fingerprint density at radius 2 is 2.05 bits per heavy atom. The molecular formula is C14H14FN3OS. The van der Waals surface area contributed by atoms with Gasteiger partial charge in [0.1, 0.15) is 5.82 Å². The van der Waals surface area contributed by atoms with E-state index in [0.717, 1.165) is 5.56 Å². The van der Waals surface area contributed by atoms with Gasteiger partial charge in [0.05, 0.1) is 7.11 Å². The fourth-order valence-corrected chi connectivity index (χ4v) is 1.75. The van der Waals surface area contributed by atoms with Gasteiger partial charge in [-0.05, 0) is 42.0 Å². The van der Waals surface area contributed by atoms with E-state index in [-0.39, 0.29) is 5.82 Å². The second-order valence-electron chi connectivity index (χ2n) is 3.99. The number of thiocarbonyl (C=S) groups is 1. The lowest BCUT2D eigenvalue weighted by Crippen LogP contribution is -2.28. The summed E-state index contributed by atoms with van der Waals surface area (Å²) < 4.78 is 17.9. The fraction of sp³-hybridized carbons (Fsp3) is 0.143. The number of methoxy groups -OCH3 is 1. The molecule has 0 saturated carbocycles. The Kier molecular flexibility index (Phi) is 4.84. The van der Waals surface area contributed by atoms with E-state index in [2.05, 4.69) is 15.6 Å². The van der Waals surface area contributed by atoms with E-state index < -0.39 is 0 Å². The molecule has 2 aromatic rings. The largest absolute Gasteiger partial charge is 0.493 e. The van der Waals surface area contributed by atoms with Gasteiger partial charge >= 0.3 is 0 Å². The average molecular weight is 291 g/mol. The van der Waals surface area contributed by atoms with E-state index in [1.54, 1.807) is 37.6 Å². The Morgan fingerprint density at radius 1 is 1.30 bits per heavy atom. The van der Waals surface area contributed by atoms with Crippen molar-refractivity contribution in [1.29, 1.82) is 0 Å². The van der Waals surface area contributed by atoms with Crippen molar-refractivity contribution in [2.45, 2.75) is 6.54 Å². The Hall–Kier alpha value is -2.21. The van der Waals surface area contributed by atoms with Gasteiger partial charge in [0, 0.05) is 12.7 Å². The van der Waals surface area contributed by atoms with E-state index in [4.69, 9.17) is 17.0 Å². The molecule has 4 nitrogen and oxygen atoms in total. The van der Waals surface area contributed by atoms with Gasteiger partial charge in [-0.25, -0.2) is 9.37 Å². The third-order valence-corrected chi connectivity index (χ3v) is 2.84. The molecule has 1 aromatic heterocycles. The van der Waals surface area contributed by atoms with E-state index in [0.29, 0.717) is 23.2 Å². The molecule has 0 aliphatic heterocycles. The minimum absolute atomic E-state index is 0.257. The molecule has 0 radical (unpaired) electrons. The van der Waals surface area contributed by atoms with Gasteiger partial charge in [-0.15, -0.1) is 0 Å². The number of rotatable bonds is 4. The van der Waals surface area contributed by atoms with Crippen LogP contribution in [0.15, 0.2) is 42.6 Å². The van der Waals surface area contributed by atoms with Crippen LogP contribution in [0.2, 0.25) is 0 Å². The van der Waals surface area contributed by atoms with E-state index in [9.17, 15) is 4.39 Å². The molecule has 0 spiro atoms. The third kappa shape index (κ3) is 3.89. The average Bonchev–Trinajstić information content (AvgIpc) is 2.47. The summed E-state index contributed by atoms with van der Waals surface area (Å²) in [5.41, 5.74) is 0.934. The molecule has 2 rings (SSSR count). The highest BCUT2D eigenvalue weighted by Gasteiger charge is 2.05. The van der Waals surface area contributed by atoms with Crippen LogP contribution in [0.5, 0.6) is 5.75 Å². The van der Waals surface area contributed by atoms with Crippen molar-refractivity contribution in [1.82, 2.24) is 10.3 Å². The number of ether oxygens (including phenoxy) is 1. The van der Waals surface area contributed by atoms with Crippen LogP contribution in [0.3, 0.4) is 0 Å². The molecular weight excluding hydrogens is 277 g/mol. The third-order valence-electron chi connectivity index (χ3n) is 2.59. The first-order valence-corrected chi connectivity index (χ1v) is 6.38. The zero-order valence-electron chi connectivity index (χ0n) is 10.9. The SMILES string of the molecule is COc1cccnc1NC(=S)NCc1ccc(F)cc1. The van der Waals surface area contributed by atoms with Gasteiger partial charge in [-0.3, -0.25) is 0 Å². The minimum atomic E-state index is -0.257. The van der Waals surface area contributed by atoms with Gasteiger partial charge in [0.2, 0.25) is 0 Å². The summed E-state index contributed by atoms with van der Waals surface area (Å²) >= 11 is 5.18. The summed E-state index contributed by atoms with van der Waals surface area (Å²) in [6.07, 6.45) is 1.65. The second-order valence-corrected chi connectivity index (χ2v) is 4.40. The molecule has 0 fully saturated rings. The molecule has 0 atom stereocenters. The van der Waals surface area contributed by atoms with Crippen molar-refractivity contribution < 1.29 is 9.13 Å². The topological polar surface area (TPSA) is 46.2 Å². The number of hydrogen-bond donors (Lipinski definition) is 2. The van der Waals surface area contributed by atoms with Crippen LogP contribution in [0, 0.1) is 5.82 Å². The molecule has 0 amide bonds. The van der Waals surface area contributed by atoms with Gasteiger partial charge < -0.3 is 15.4 Å². The first-order valence-electron chi connectivity index (χ1n) is 5.97. The Bertz CT molecular complexity index is 589. The summed E-state index contributed by atoms with van der Waals surface area (Å²) in [7, 11) is 1.57. The summed E-state index contributed by atoms with van der Waals surface area (Å²) in [6, 6.07) is 9.79. The van der Waals surface area contributed by atoms with Gasteiger partial charge in [-0.1, -0.05) is 12.1 Å². The smallest absolute Gasteiger partial charge is 0.174 e. The molecule has 0 bridgehead atoms. The number of benzene rings is 1. The first-order chi connectivity index (χ1) is 9.69. The summed E-state index contributed by atoms with van der Waals surface area (Å²) in [4.78, 5) is 4.14. The van der Waals surface area contributed by atoms with Gasteiger partial charge in [0.15, 0.2) is 16.7 Å². The van der Waals surface area contributed by atoms with Gasteiger partial charge in [0.25, 0.3) is 0 Å². The first kappa shape index (κ1) is 14.2. The van der Waals surface area contributed by atoms with Crippen LogP contribution in [-0.2, 0) is 6.54 Å². The number of nitrogens with one attached hydrogen (secondary N) is 2. The molecule has 0 unspecified atom stereocenters. The molecule has 0 saturated heterocycles. The zero-order valence-corrected chi connectivity index (χ0v) is 11.7. The highest BCUT2D eigenvalue weighted by molar-refractivity contribution is 7.80. The van der Waals surface area contributed by atoms with Crippen molar-refractivity contribution in [3.05, 3.63) is 54.0 Å². The normalized spacial score (nSPS) is 9.90. The summed E-state index contributed by atoms with van der Waals surface area (Å²) in [5.74, 6) is 0.901. The maximum Gasteiger partial charge on any atom is 0.174 e.